The number of hydrogen-bond acceptors (Lipinski definition) is 3. The van der Waals surface area contributed by atoms with Gasteiger partial charge in [0.2, 0.25) is 0 Å². The highest BCUT2D eigenvalue weighted by molar-refractivity contribution is 4.77. The predicted octanol–water partition coefficient (Wildman–Crippen LogP) is 3.03. The van der Waals surface area contributed by atoms with Crippen molar-refractivity contribution in [1.82, 2.24) is 0 Å². The summed E-state index contributed by atoms with van der Waals surface area (Å²) < 4.78 is 5.99. The third kappa shape index (κ3) is 5.25. The van der Waals surface area contributed by atoms with Gasteiger partial charge in [-0.05, 0) is 25.7 Å². The summed E-state index contributed by atoms with van der Waals surface area (Å²) in [5.74, 6) is 0. The van der Waals surface area contributed by atoms with E-state index in [4.69, 9.17) is 4.74 Å². The van der Waals surface area contributed by atoms with E-state index < -0.39 is 0 Å². The van der Waals surface area contributed by atoms with Crippen LogP contribution in [0.4, 0.5) is 0 Å². The third-order valence-corrected chi connectivity index (χ3v) is 3.95. The second-order valence-corrected chi connectivity index (χ2v) is 5.54. The molecule has 1 rings (SSSR count). The molecule has 1 saturated heterocycles. The Bertz CT molecular complexity index is 208. The quantitative estimate of drug-likeness (QED) is 0.745. The lowest BCUT2D eigenvalue weighted by Crippen LogP contribution is -2.37. The van der Waals surface area contributed by atoms with Crippen LogP contribution in [0.2, 0.25) is 0 Å². The van der Waals surface area contributed by atoms with Crippen molar-refractivity contribution in [2.75, 3.05) is 0 Å². The Morgan fingerprint density at radius 2 is 1.56 bits per heavy atom. The molecular formula is C15H30O3. The highest BCUT2D eigenvalue weighted by Crippen LogP contribution is 2.23. The van der Waals surface area contributed by atoms with Gasteiger partial charge in [0, 0.05) is 0 Å². The van der Waals surface area contributed by atoms with Gasteiger partial charge in [0.25, 0.3) is 0 Å². The summed E-state index contributed by atoms with van der Waals surface area (Å²) in [6.45, 7) is 4.22. The van der Waals surface area contributed by atoms with E-state index >= 15 is 0 Å². The van der Waals surface area contributed by atoms with E-state index in [1.165, 1.54) is 12.8 Å². The van der Waals surface area contributed by atoms with Crippen LogP contribution in [0.3, 0.4) is 0 Å². The maximum atomic E-state index is 10.2. The zero-order valence-corrected chi connectivity index (χ0v) is 12.0. The van der Waals surface area contributed by atoms with Gasteiger partial charge in [0.1, 0.15) is 0 Å². The normalized spacial score (nSPS) is 34.7. The highest BCUT2D eigenvalue weighted by Gasteiger charge is 2.28. The summed E-state index contributed by atoms with van der Waals surface area (Å²) in [4.78, 5) is 0. The van der Waals surface area contributed by atoms with Crippen molar-refractivity contribution in [3.63, 3.8) is 0 Å². The van der Waals surface area contributed by atoms with Crippen molar-refractivity contribution in [2.45, 2.75) is 96.1 Å². The average molecular weight is 258 g/mol. The molecule has 0 saturated carbocycles. The summed E-state index contributed by atoms with van der Waals surface area (Å²) in [6.07, 6.45) is 7.86. The van der Waals surface area contributed by atoms with Crippen LogP contribution in [-0.4, -0.2) is 34.6 Å². The van der Waals surface area contributed by atoms with Crippen molar-refractivity contribution < 1.29 is 14.9 Å². The Balaban J connectivity index is 2.56. The van der Waals surface area contributed by atoms with Gasteiger partial charge in [-0.2, -0.15) is 0 Å². The van der Waals surface area contributed by atoms with Gasteiger partial charge >= 0.3 is 0 Å². The average Bonchev–Trinajstić information content (AvgIpc) is 2.43. The number of aliphatic hydroxyl groups is 2. The number of hydrogen-bond donors (Lipinski definition) is 2. The molecule has 0 amide bonds. The van der Waals surface area contributed by atoms with Crippen molar-refractivity contribution in [2.24, 2.45) is 0 Å². The fourth-order valence-electron chi connectivity index (χ4n) is 2.71. The van der Waals surface area contributed by atoms with Crippen LogP contribution >= 0.6 is 0 Å². The molecule has 4 atom stereocenters. The van der Waals surface area contributed by atoms with Crippen LogP contribution in [0.15, 0.2) is 0 Å². The summed E-state index contributed by atoms with van der Waals surface area (Å²) in [5.41, 5.74) is 0. The van der Waals surface area contributed by atoms with Crippen molar-refractivity contribution >= 4 is 0 Å². The molecule has 2 N–H and O–H groups in total. The molecule has 4 unspecified atom stereocenters. The number of ether oxygens (including phenoxy) is 1. The van der Waals surface area contributed by atoms with Crippen LogP contribution < -0.4 is 0 Å². The second-order valence-electron chi connectivity index (χ2n) is 5.54. The standard InChI is InChI=1S/C15H30O3/c1-3-5-6-11-15-13(17)10-8-7-9-12(16)14(4-2)18-15/h12-17H,3-11H2,1-2H3. The van der Waals surface area contributed by atoms with Gasteiger partial charge in [-0.1, -0.05) is 46.0 Å². The fourth-order valence-corrected chi connectivity index (χ4v) is 2.71. The van der Waals surface area contributed by atoms with Crippen molar-refractivity contribution in [3.8, 4) is 0 Å². The SMILES string of the molecule is CCCCCC1OC(CC)C(O)CCCCC1O. The number of rotatable bonds is 5. The van der Waals surface area contributed by atoms with Crippen LogP contribution in [0.5, 0.6) is 0 Å². The largest absolute Gasteiger partial charge is 0.390 e. The van der Waals surface area contributed by atoms with E-state index in [0.717, 1.165) is 44.9 Å². The Hall–Kier alpha value is -0.120. The molecule has 0 aliphatic carbocycles. The summed E-state index contributed by atoms with van der Waals surface area (Å²) in [6, 6.07) is 0. The van der Waals surface area contributed by atoms with E-state index in [1.807, 2.05) is 6.92 Å². The molecule has 18 heavy (non-hydrogen) atoms. The minimum atomic E-state index is -0.367. The van der Waals surface area contributed by atoms with Gasteiger partial charge < -0.3 is 14.9 Å². The first-order chi connectivity index (χ1) is 8.69. The number of unbranched alkanes of at least 4 members (excludes halogenated alkanes) is 2. The van der Waals surface area contributed by atoms with Gasteiger partial charge in [0.15, 0.2) is 0 Å². The maximum absolute atomic E-state index is 10.2. The van der Waals surface area contributed by atoms with E-state index in [1.54, 1.807) is 0 Å². The smallest absolute Gasteiger partial charge is 0.0839 e. The van der Waals surface area contributed by atoms with Crippen LogP contribution in [0.1, 0.15) is 71.6 Å². The first-order valence-corrected chi connectivity index (χ1v) is 7.70. The number of aliphatic hydroxyl groups excluding tert-OH is 2. The van der Waals surface area contributed by atoms with Crippen molar-refractivity contribution in [3.05, 3.63) is 0 Å². The van der Waals surface area contributed by atoms with Crippen LogP contribution in [0.25, 0.3) is 0 Å². The predicted molar refractivity (Wildman–Crippen MR) is 73.6 cm³/mol. The van der Waals surface area contributed by atoms with E-state index in [2.05, 4.69) is 6.92 Å². The highest BCUT2D eigenvalue weighted by atomic mass is 16.5. The van der Waals surface area contributed by atoms with E-state index in [-0.39, 0.29) is 24.4 Å². The fraction of sp³-hybridized carbons (Fsp3) is 1.00. The zero-order valence-electron chi connectivity index (χ0n) is 12.0. The summed E-state index contributed by atoms with van der Waals surface area (Å²) in [7, 11) is 0. The lowest BCUT2D eigenvalue weighted by molar-refractivity contribution is -0.118. The van der Waals surface area contributed by atoms with Gasteiger partial charge in [-0.15, -0.1) is 0 Å². The molecule has 1 aliphatic heterocycles. The molecule has 108 valence electrons. The monoisotopic (exact) mass is 258 g/mol. The molecule has 0 aromatic carbocycles. The molecule has 0 bridgehead atoms. The van der Waals surface area contributed by atoms with Crippen LogP contribution in [-0.2, 0) is 4.74 Å². The minimum Gasteiger partial charge on any atom is -0.390 e. The Morgan fingerprint density at radius 3 is 2.11 bits per heavy atom. The molecule has 3 nitrogen and oxygen atoms in total. The first-order valence-electron chi connectivity index (χ1n) is 7.70. The molecule has 0 spiro atoms. The van der Waals surface area contributed by atoms with E-state index in [9.17, 15) is 10.2 Å². The summed E-state index contributed by atoms with van der Waals surface area (Å²) in [5, 5.41) is 20.3. The molecule has 0 aromatic rings. The van der Waals surface area contributed by atoms with Gasteiger partial charge in [-0.25, -0.2) is 0 Å². The Kier molecular flexibility index (Phi) is 7.87. The topological polar surface area (TPSA) is 49.7 Å². The van der Waals surface area contributed by atoms with Gasteiger partial charge in [0.05, 0.1) is 24.4 Å². The Labute approximate surface area is 112 Å². The third-order valence-electron chi connectivity index (χ3n) is 3.95. The lowest BCUT2D eigenvalue weighted by Gasteiger charge is -2.29. The van der Waals surface area contributed by atoms with Crippen molar-refractivity contribution in [1.29, 1.82) is 0 Å². The Morgan fingerprint density at radius 1 is 0.944 bits per heavy atom. The molecular weight excluding hydrogens is 228 g/mol. The summed E-state index contributed by atoms with van der Waals surface area (Å²) >= 11 is 0. The maximum Gasteiger partial charge on any atom is 0.0839 e. The molecule has 1 fully saturated rings. The van der Waals surface area contributed by atoms with Gasteiger partial charge in [-0.3, -0.25) is 0 Å². The molecule has 3 heteroatoms. The molecule has 1 heterocycles. The first kappa shape index (κ1) is 15.9. The lowest BCUT2D eigenvalue weighted by atomic mass is 10.0. The molecule has 0 radical (unpaired) electrons. The molecule has 1 aliphatic rings. The van der Waals surface area contributed by atoms with Crippen LogP contribution in [0, 0.1) is 0 Å². The zero-order chi connectivity index (χ0) is 13.4. The minimum absolute atomic E-state index is 0.0887. The second kappa shape index (κ2) is 8.89. The molecule has 0 aromatic heterocycles. The van der Waals surface area contributed by atoms with E-state index in [0.29, 0.717) is 0 Å².